The molecule has 112 valence electrons. The number of likely N-dealkylation sites (N-methyl/N-ethyl adjacent to an activating group) is 1. The van der Waals surface area contributed by atoms with Crippen LogP contribution in [0.4, 0.5) is 4.39 Å². The first-order valence-corrected chi connectivity index (χ1v) is 7.36. The Morgan fingerprint density at radius 3 is 2.85 bits per heavy atom. The standard InChI is InChI=1S/C15H24FN3O/c1-3-19-9-8-18(11-12(19)2)7-6-15(20)14-5-4-13(16)10-17-14/h4-5,10,12,15,20H,3,6-9,11H2,1-2H3. The van der Waals surface area contributed by atoms with Gasteiger partial charge >= 0.3 is 0 Å². The third-order valence-electron chi connectivity index (χ3n) is 4.07. The van der Waals surface area contributed by atoms with Gasteiger partial charge in [-0.3, -0.25) is 9.88 Å². The molecule has 1 saturated heterocycles. The fraction of sp³-hybridized carbons (Fsp3) is 0.667. The Balaban J connectivity index is 1.79. The van der Waals surface area contributed by atoms with Crippen LogP contribution in [0.5, 0.6) is 0 Å². The lowest BCUT2D eigenvalue weighted by Gasteiger charge is -2.39. The summed E-state index contributed by atoms with van der Waals surface area (Å²) in [7, 11) is 0. The molecule has 2 unspecified atom stereocenters. The molecule has 1 N–H and O–H groups in total. The van der Waals surface area contributed by atoms with E-state index in [9.17, 15) is 9.50 Å². The van der Waals surface area contributed by atoms with E-state index < -0.39 is 6.10 Å². The van der Waals surface area contributed by atoms with Crippen molar-refractivity contribution in [3.8, 4) is 0 Å². The van der Waals surface area contributed by atoms with Crippen LogP contribution in [0.2, 0.25) is 0 Å². The minimum absolute atomic E-state index is 0.370. The number of pyridine rings is 1. The van der Waals surface area contributed by atoms with Gasteiger partial charge in [0.05, 0.1) is 18.0 Å². The summed E-state index contributed by atoms with van der Waals surface area (Å²) in [5.41, 5.74) is 0.548. The van der Waals surface area contributed by atoms with Crippen molar-refractivity contribution >= 4 is 0 Å². The molecule has 1 aromatic rings. The molecular weight excluding hydrogens is 257 g/mol. The quantitative estimate of drug-likeness (QED) is 0.891. The normalized spacial score (nSPS) is 22.9. The van der Waals surface area contributed by atoms with Gasteiger partial charge in [-0.2, -0.15) is 0 Å². The van der Waals surface area contributed by atoms with Crippen LogP contribution in [0.25, 0.3) is 0 Å². The van der Waals surface area contributed by atoms with Crippen molar-refractivity contribution in [2.45, 2.75) is 32.4 Å². The lowest BCUT2D eigenvalue weighted by Crippen LogP contribution is -2.51. The zero-order valence-corrected chi connectivity index (χ0v) is 12.3. The molecule has 0 saturated carbocycles. The van der Waals surface area contributed by atoms with Gasteiger partial charge in [0.25, 0.3) is 0 Å². The summed E-state index contributed by atoms with van der Waals surface area (Å²) < 4.78 is 12.8. The smallest absolute Gasteiger partial charge is 0.141 e. The molecule has 0 bridgehead atoms. The van der Waals surface area contributed by atoms with E-state index >= 15 is 0 Å². The molecule has 0 aliphatic carbocycles. The fourth-order valence-corrected chi connectivity index (χ4v) is 2.78. The van der Waals surface area contributed by atoms with Gasteiger partial charge in [-0.25, -0.2) is 4.39 Å². The average Bonchev–Trinajstić information content (AvgIpc) is 2.45. The molecule has 2 rings (SSSR count). The minimum Gasteiger partial charge on any atom is -0.387 e. The molecule has 4 nitrogen and oxygen atoms in total. The minimum atomic E-state index is -0.616. The lowest BCUT2D eigenvalue weighted by atomic mass is 10.1. The maximum absolute atomic E-state index is 12.8. The predicted molar refractivity (Wildman–Crippen MR) is 76.9 cm³/mol. The van der Waals surface area contributed by atoms with Crippen LogP contribution in [0.1, 0.15) is 32.1 Å². The first kappa shape index (κ1) is 15.4. The topological polar surface area (TPSA) is 39.6 Å². The number of hydrogen-bond donors (Lipinski definition) is 1. The van der Waals surface area contributed by atoms with Gasteiger partial charge in [0.2, 0.25) is 0 Å². The van der Waals surface area contributed by atoms with Gasteiger partial charge in [-0.05, 0) is 32.0 Å². The van der Waals surface area contributed by atoms with E-state index in [1.54, 1.807) is 6.07 Å². The van der Waals surface area contributed by atoms with Gasteiger partial charge in [-0.1, -0.05) is 6.92 Å². The van der Waals surface area contributed by atoms with Crippen LogP contribution >= 0.6 is 0 Å². The highest BCUT2D eigenvalue weighted by Gasteiger charge is 2.22. The third-order valence-corrected chi connectivity index (χ3v) is 4.07. The molecule has 20 heavy (non-hydrogen) atoms. The van der Waals surface area contributed by atoms with Crippen LogP contribution in [-0.4, -0.2) is 58.7 Å². The number of rotatable bonds is 5. The summed E-state index contributed by atoms with van der Waals surface area (Å²) in [6.07, 6.45) is 1.17. The average molecular weight is 281 g/mol. The summed E-state index contributed by atoms with van der Waals surface area (Å²) in [5, 5.41) is 10.1. The number of aliphatic hydroxyl groups excluding tert-OH is 1. The van der Waals surface area contributed by atoms with Crippen molar-refractivity contribution in [2.24, 2.45) is 0 Å². The monoisotopic (exact) mass is 281 g/mol. The Morgan fingerprint density at radius 2 is 2.25 bits per heavy atom. The highest BCUT2D eigenvalue weighted by molar-refractivity contribution is 5.08. The highest BCUT2D eigenvalue weighted by atomic mass is 19.1. The predicted octanol–water partition coefficient (Wildman–Crippen LogP) is 1.67. The summed E-state index contributed by atoms with van der Waals surface area (Å²) in [6.45, 7) is 9.55. The van der Waals surface area contributed by atoms with Crippen molar-refractivity contribution in [3.05, 3.63) is 29.8 Å². The van der Waals surface area contributed by atoms with Crippen molar-refractivity contribution in [1.82, 2.24) is 14.8 Å². The Bertz CT molecular complexity index is 412. The first-order valence-electron chi connectivity index (χ1n) is 7.36. The maximum Gasteiger partial charge on any atom is 0.141 e. The molecule has 5 heteroatoms. The van der Waals surface area contributed by atoms with Gasteiger partial charge < -0.3 is 10.0 Å². The van der Waals surface area contributed by atoms with Gasteiger partial charge in [0, 0.05) is 32.2 Å². The summed E-state index contributed by atoms with van der Waals surface area (Å²) in [4.78, 5) is 8.78. The number of aromatic nitrogens is 1. The molecule has 1 aromatic heterocycles. The molecule has 0 amide bonds. The maximum atomic E-state index is 12.8. The molecule has 0 aromatic carbocycles. The van der Waals surface area contributed by atoms with Crippen LogP contribution in [-0.2, 0) is 0 Å². The summed E-state index contributed by atoms with van der Waals surface area (Å²) in [5.74, 6) is -0.370. The molecule has 2 atom stereocenters. The van der Waals surface area contributed by atoms with Crippen molar-refractivity contribution in [3.63, 3.8) is 0 Å². The Labute approximate surface area is 120 Å². The molecule has 1 aliphatic rings. The van der Waals surface area contributed by atoms with Crippen LogP contribution in [0.3, 0.4) is 0 Å². The van der Waals surface area contributed by atoms with Crippen molar-refractivity contribution < 1.29 is 9.50 Å². The van der Waals surface area contributed by atoms with Gasteiger partial charge in [0.15, 0.2) is 0 Å². The molecule has 0 radical (unpaired) electrons. The van der Waals surface area contributed by atoms with Gasteiger partial charge in [-0.15, -0.1) is 0 Å². The second-order valence-corrected chi connectivity index (χ2v) is 5.48. The van der Waals surface area contributed by atoms with E-state index in [0.29, 0.717) is 18.2 Å². The summed E-state index contributed by atoms with van der Waals surface area (Å²) in [6, 6.07) is 3.46. The van der Waals surface area contributed by atoms with E-state index in [2.05, 4.69) is 28.6 Å². The number of hydrogen-bond acceptors (Lipinski definition) is 4. The fourth-order valence-electron chi connectivity index (χ4n) is 2.78. The van der Waals surface area contributed by atoms with Crippen molar-refractivity contribution in [2.75, 3.05) is 32.7 Å². The highest BCUT2D eigenvalue weighted by Crippen LogP contribution is 2.16. The third kappa shape index (κ3) is 3.98. The Hall–Kier alpha value is -1.04. The van der Waals surface area contributed by atoms with E-state index in [1.165, 1.54) is 6.07 Å². The lowest BCUT2D eigenvalue weighted by molar-refractivity contribution is 0.0711. The van der Waals surface area contributed by atoms with E-state index in [1.807, 2.05) is 0 Å². The number of halogens is 1. The second kappa shape index (κ2) is 7.11. The Morgan fingerprint density at radius 1 is 1.45 bits per heavy atom. The van der Waals surface area contributed by atoms with Crippen molar-refractivity contribution in [1.29, 1.82) is 0 Å². The SMILES string of the molecule is CCN1CCN(CCC(O)c2ccc(F)cn2)CC1C. The number of nitrogens with zero attached hydrogens (tertiary/aromatic N) is 3. The first-order chi connectivity index (χ1) is 9.60. The molecule has 1 fully saturated rings. The van der Waals surface area contributed by atoms with E-state index in [-0.39, 0.29) is 5.82 Å². The molecule has 0 spiro atoms. The van der Waals surface area contributed by atoms with Crippen LogP contribution < -0.4 is 0 Å². The molecular formula is C15H24FN3O. The van der Waals surface area contributed by atoms with E-state index in [4.69, 9.17) is 0 Å². The number of piperazine rings is 1. The van der Waals surface area contributed by atoms with E-state index in [0.717, 1.165) is 38.9 Å². The van der Waals surface area contributed by atoms with Gasteiger partial charge in [0.1, 0.15) is 5.82 Å². The molecule has 2 heterocycles. The zero-order chi connectivity index (χ0) is 14.5. The molecule has 1 aliphatic heterocycles. The Kier molecular flexibility index (Phi) is 5.46. The zero-order valence-electron chi connectivity index (χ0n) is 12.3. The van der Waals surface area contributed by atoms with Crippen LogP contribution in [0.15, 0.2) is 18.3 Å². The number of aliphatic hydroxyl groups is 1. The second-order valence-electron chi connectivity index (χ2n) is 5.48. The summed E-state index contributed by atoms with van der Waals surface area (Å²) >= 11 is 0. The largest absolute Gasteiger partial charge is 0.387 e. The van der Waals surface area contributed by atoms with Crippen LogP contribution in [0, 0.1) is 5.82 Å².